The molecule has 0 fully saturated rings. The van der Waals surface area contributed by atoms with Crippen LogP contribution in [0.25, 0.3) is 0 Å². The maximum Gasteiger partial charge on any atom is 0.322 e. The predicted octanol–water partition coefficient (Wildman–Crippen LogP) is 1.27. The first-order valence-electron chi connectivity index (χ1n) is 6.63. The first-order valence-corrected chi connectivity index (χ1v) is 6.63. The predicted molar refractivity (Wildman–Crippen MR) is 77.2 cm³/mol. The van der Waals surface area contributed by atoms with E-state index in [-0.39, 0.29) is 31.3 Å². The van der Waals surface area contributed by atoms with Crippen LogP contribution in [0.3, 0.4) is 0 Å². The van der Waals surface area contributed by atoms with Crippen LogP contribution >= 0.6 is 0 Å². The first kappa shape index (κ1) is 14.8. The summed E-state index contributed by atoms with van der Waals surface area (Å²) in [7, 11) is 0. The number of carboxylic acids is 1. The van der Waals surface area contributed by atoms with E-state index in [4.69, 9.17) is 5.11 Å². The van der Waals surface area contributed by atoms with E-state index in [1.807, 2.05) is 0 Å². The number of nitrogens with one attached hydrogen (secondary N) is 2. The first-order chi connectivity index (χ1) is 9.97. The van der Waals surface area contributed by atoms with E-state index in [9.17, 15) is 14.4 Å². The summed E-state index contributed by atoms with van der Waals surface area (Å²) in [5.74, 6) is -1.35. The van der Waals surface area contributed by atoms with Crippen LogP contribution in [0.1, 0.15) is 13.3 Å². The number of carbonyl (C=O) groups is 3. The largest absolute Gasteiger partial charge is 0.481 e. The van der Waals surface area contributed by atoms with Gasteiger partial charge in [0.05, 0.1) is 11.4 Å². The van der Waals surface area contributed by atoms with Crippen molar-refractivity contribution in [2.45, 2.75) is 13.3 Å². The molecular formula is C14H17N3O4. The highest BCUT2D eigenvalue weighted by Crippen LogP contribution is 2.28. The molecule has 1 atom stereocenters. The zero-order chi connectivity index (χ0) is 15.4. The molecule has 0 bridgehead atoms. The highest BCUT2D eigenvalue weighted by Gasteiger charge is 2.26. The van der Waals surface area contributed by atoms with Crippen LogP contribution in [-0.2, 0) is 9.59 Å². The minimum absolute atomic E-state index is 0.0165. The van der Waals surface area contributed by atoms with Crippen LogP contribution < -0.4 is 15.5 Å². The Morgan fingerprint density at radius 2 is 2.14 bits per heavy atom. The van der Waals surface area contributed by atoms with Crippen molar-refractivity contribution in [3.8, 4) is 0 Å². The number of urea groups is 1. The molecule has 3 amide bonds. The average molecular weight is 291 g/mol. The molecule has 1 aromatic carbocycles. The van der Waals surface area contributed by atoms with Crippen LogP contribution in [0.5, 0.6) is 0 Å². The van der Waals surface area contributed by atoms with Gasteiger partial charge in [-0.05, 0) is 18.1 Å². The standard InChI is InChI=1S/C14H17N3O4/c1-9(6-13(19)20)7-15-14(21)17-8-12(18)16-10-4-2-3-5-11(10)17/h2-5,9H,6-8H2,1H3,(H,15,21)(H,16,18)(H,19,20). The molecule has 1 aliphatic rings. The maximum absolute atomic E-state index is 12.2. The summed E-state index contributed by atoms with van der Waals surface area (Å²) >= 11 is 0. The van der Waals surface area contributed by atoms with Crippen molar-refractivity contribution >= 4 is 29.3 Å². The second kappa shape index (κ2) is 6.25. The zero-order valence-electron chi connectivity index (χ0n) is 11.6. The maximum atomic E-state index is 12.2. The number of carboxylic acid groups (broad SMARTS) is 1. The van der Waals surface area contributed by atoms with Crippen LogP contribution in [0.2, 0.25) is 0 Å². The van der Waals surface area contributed by atoms with E-state index in [0.717, 1.165) is 0 Å². The Bertz CT molecular complexity index is 573. The summed E-state index contributed by atoms with van der Waals surface area (Å²) in [6.45, 7) is 1.92. The van der Waals surface area contributed by atoms with Gasteiger partial charge in [-0.15, -0.1) is 0 Å². The summed E-state index contributed by atoms with van der Waals surface area (Å²) in [5, 5.41) is 14.0. The third-order valence-corrected chi connectivity index (χ3v) is 3.14. The molecule has 0 radical (unpaired) electrons. The molecule has 0 saturated carbocycles. The van der Waals surface area contributed by atoms with Gasteiger partial charge in [0.15, 0.2) is 0 Å². The lowest BCUT2D eigenvalue weighted by molar-refractivity contribution is -0.137. The van der Waals surface area contributed by atoms with Crippen LogP contribution in [-0.4, -0.2) is 36.1 Å². The SMILES string of the molecule is CC(CNC(=O)N1CC(=O)Nc2ccccc21)CC(=O)O. The van der Waals surface area contributed by atoms with Crippen molar-refractivity contribution in [3.05, 3.63) is 24.3 Å². The smallest absolute Gasteiger partial charge is 0.322 e. The molecule has 2 rings (SSSR count). The van der Waals surface area contributed by atoms with Gasteiger partial charge in [0, 0.05) is 13.0 Å². The van der Waals surface area contributed by atoms with Crippen LogP contribution in [0, 0.1) is 5.92 Å². The summed E-state index contributed by atoms with van der Waals surface area (Å²) in [5.41, 5.74) is 1.21. The van der Waals surface area contributed by atoms with Gasteiger partial charge in [0.2, 0.25) is 5.91 Å². The summed E-state index contributed by atoms with van der Waals surface area (Å²) < 4.78 is 0. The topological polar surface area (TPSA) is 98.7 Å². The Hall–Kier alpha value is -2.57. The molecule has 7 nitrogen and oxygen atoms in total. The lowest BCUT2D eigenvalue weighted by atomic mass is 10.1. The molecule has 3 N–H and O–H groups in total. The zero-order valence-corrected chi connectivity index (χ0v) is 11.6. The molecule has 112 valence electrons. The van der Waals surface area contributed by atoms with Crippen molar-refractivity contribution in [1.82, 2.24) is 5.32 Å². The fraction of sp³-hybridized carbons (Fsp3) is 0.357. The van der Waals surface area contributed by atoms with Crippen LogP contribution in [0.15, 0.2) is 24.3 Å². The number of amides is 3. The van der Waals surface area contributed by atoms with Crippen molar-refractivity contribution < 1.29 is 19.5 Å². The summed E-state index contributed by atoms with van der Waals surface area (Å²) in [6, 6.07) is 6.61. The highest BCUT2D eigenvalue weighted by atomic mass is 16.4. The Balaban J connectivity index is 2.03. The summed E-state index contributed by atoms with van der Waals surface area (Å²) in [4.78, 5) is 35.7. The van der Waals surface area contributed by atoms with Gasteiger partial charge in [-0.2, -0.15) is 0 Å². The van der Waals surface area contributed by atoms with Crippen molar-refractivity contribution in [2.75, 3.05) is 23.3 Å². The van der Waals surface area contributed by atoms with Crippen molar-refractivity contribution in [3.63, 3.8) is 0 Å². The summed E-state index contributed by atoms with van der Waals surface area (Å²) in [6.07, 6.45) is -0.0165. The quantitative estimate of drug-likeness (QED) is 0.777. The fourth-order valence-electron chi connectivity index (χ4n) is 2.14. The fourth-order valence-corrected chi connectivity index (χ4v) is 2.14. The lowest BCUT2D eigenvalue weighted by Crippen LogP contribution is -2.48. The Morgan fingerprint density at radius 1 is 1.43 bits per heavy atom. The number of hydrogen-bond donors (Lipinski definition) is 3. The molecule has 7 heteroatoms. The second-order valence-corrected chi connectivity index (χ2v) is 5.04. The number of rotatable bonds is 4. The lowest BCUT2D eigenvalue weighted by Gasteiger charge is -2.29. The van der Waals surface area contributed by atoms with E-state index >= 15 is 0 Å². The van der Waals surface area contributed by atoms with Gasteiger partial charge in [0.25, 0.3) is 0 Å². The second-order valence-electron chi connectivity index (χ2n) is 5.04. The normalized spacial score (nSPS) is 14.9. The number of anilines is 2. The number of aliphatic carboxylic acids is 1. The Kier molecular flexibility index (Phi) is 4.42. The van der Waals surface area contributed by atoms with Gasteiger partial charge in [0.1, 0.15) is 6.54 Å². The number of fused-ring (bicyclic) bond motifs is 1. The average Bonchev–Trinajstić information content (AvgIpc) is 2.43. The Labute approximate surface area is 121 Å². The van der Waals surface area contributed by atoms with Crippen molar-refractivity contribution in [2.24, 2.45) is 5.92 Å². The molecule has 1 heterocycles. The van der Waals surface area contributed by atoms with E-state index < -0.39 is 12.0 Å². The van der Waals surface area contributed by atoms with Crippen LogP contribution in [0.4, 0.5) is 16.2 Å². The molecule has 0 spiro atoms. The van der Waals surface area contributed by atoms with Gasteiger partial charge in [-0.3, -0.25) is 14.5 Å². The van der Waals surface area contributed by atoms with Crippen molar-refractivity contribution in [1.29, 1.82) is 0 Å². The third kappa shape index (κ3) is 3.71. The van der Waals surface area contributed by atoms with E-state index in [1.54, 1.807) is 31.2 Å². The Morgan fingerprint density at radius 3 is 2.86 bits per heavy atom. The van der Waals surface area contributed by atoms with Gasteiger partial charge < -0.3 is 15.7 Å². The van der Waals surface area contributed by atoms with E-state index in [2.05, 4.69) is 10.6 Å². The van der Waals surface area contributed by atoms with Gasteiger partial charge in [-0.1, -0.05) is 19.1 Å². The molecule has 1 unspecified atom stereocenters. The number of hydrogen-bond acceptors (Lipinski definition) is 3. The molecule has 21 heavy (non-hydrogen) atoms. The molecule has 1 aliphatic heterocycles. The van der Waals surface area contributed by atoms with Gasteiger partial charge >= 0.3 is 12.0 Å². The van der Waals surface area contributed by atoms with Gasteiger partial charge in [-0.25, -0.2) is 4.79 Å². The minimum Gasteiger partial charge on any atom is -0.481 e. The number of benzene rings is 1. The molecule has 0 saturated heterocycles. The minimum atomic E-state index is -0.903. The number of carbonyl (C=O) groups excluding carboxylic acids is 2. The highest BCUT2D eigenvalue weighted by molar-refractivity contribution is 6.09. The third-order valence-electron chi connectivity index (χ3n) is 3.14. The monoisotopic (exact) mass is 291 g/mol. The number of para-hydroxylation sites is 2. The molecular weight excluding hydrogens is 274 g/mol. The molecule has 0 aromatic heterocycles. The number of nitrogens with zero attached hydrogens (tertiary/aromatic N) is 1. The molecule has 1 aromatic rings. The van der Waals surface area contributed by atoms with E-state index in [0.29, 0.717) is 11.4 Å². The molecule has 0 aliphatic carbocycles. The van der Waals surface area contributed by atoms with E-state index in [1.165, 1.54) is 4.90 Å².